The molecule has 0 aromatic rings. The Morgan fingerprint density at radius 3 is 2.61 bits per heavy atom. The molecule has 3 N–H and O–H groups in total. The number of hydrogen-bond acceptors (Lipinski definition) is 4. The van der Waals surface area contributed by atoms with Crippen molar-refractivity contribution < 1.29 is 14.4 Å². The van der Waals surface area contributed by atoms with Gasteiger partial charge in [0.2, 0.25) is 17.7 Å². The topological polar surface area (TPSA) is 92.5 Å². The molecule has 1 heterocycles. The summed E-state index contributed by atoms with van der Waals surface area (Å²) in [5.74, 6) is -1.06. The molecular formula is C12H21N3O3. The van der Waals surface area contributed by atoms with E-state index in [0.29, 0.717) is 12.3 Å². The van der Waals surface area contributed by atoms with E-state index in [9.17, 15) is 14.4 Å². The Hall–Kier alpha value is -1.43. The lowest BCUT2D eigenvalue weighted by Gasteiger charge is -2.34. The molecule has 1 fully saturated rings. The lowest BCUT2D eigenvalue weighted by molar-refractivity contribution is -0.151. The van der Waals surface area contributed by atoms with Gasteiger partial charge in [0.05, 0.1) is 5.92 Å². The van der Waals surface area contributed by atoms with E-state index in [1.165, 1.54) is 4.90 Å². The van der Waals surface area contributed by atoms with Crippen molar-refractivity contribution >= 4 is 17.7 Å². The maximum Gasteiger partial charge on any atom is 0.249 e. The average molecular weight is 255 g/mol. The van der Waals surface area contributed by atoms with Crippen molar-refractivity contribution in [1.82, 2.24) is 10.2 Å². The summed E-state index contributed by atoms with van der Waals surface area (Å²) in [5.41, 5.74) is 5.61. The summed E-state index contributed by atoms with van der Waals surface area (Å²) in [7, 11) is 0. The zero-order valence-electron chi connectivity index (χ0n) is 11.1. The fourth-order valence-electron chi connectivity index (χ4n) is 2.08. The van der Waals surface area contributed by atoms with E-state index in [-0.39, 0.29) is 24.9 Å². The molecule has 0 aromatic heterocycles. The van der Waals surface area contributed by atoms with Crippen LogP contribution in [0.5, 0.6) is 0 Å². The summed E-state index contributed by atoms with van der Waals surface area (Å²) in [6, 6.07) is -0.614. The maximum absolute atomic E-state index is 12.3. The molecule has 0 radical (unpaired) electrons. The van der Waals surface area contributed by atoms with Crippen LogP contribution in [0.4, 0.5) is 0 Å². The third-order valence-corrected chi connectivity index (χ3v) is 3.10. The second-order valence-corrected chi connectivity index (χ2v) is 5.12. The predicted molar refractivity (Wildman–Crippen MR) is 66.3 cm³/mol. The highest BCUT2D eigenvalue weighted by atomic mass is 16.2. The van der Waals surface area contributed by atoms with E-state index in [2.05, 4.69) is 5.32 Å². The molecule has 2 unspecified atom stereocenters. The Labute approximate surface area is 107 Å². The van der Waals surface area contributed by atoms with Crippen LogP contribution in [0.2, 0.25) is 0 Å². The van der Waals surface area contributed by atoms with Crippen LogP contribution in [0.3, 0.4) is 0 Å². The molecule has 1 aliphatic heterocycles. The Bertz CT molecular complexity index is 354. The summed E-state index contributed by atoms with van der Waals surface area (Å²) in [4.78, 5) is 36.4. The monoisotopic (exact) mass is 255 g/mol. The van der Waals surface area contributed by atoms with Gasteiger partial charge >= 0.3 is 0 Å². The van der Waals surface area contributed by atoms with Gasteiger partial charge in [0.25, 0.3) is 0 Å². The fraction of sp³-hybridized carbons (Fsp3) is 0.750. The van der Waals surface area contributed by atoms with Crippen molar-refractivity contribution in [3.8, 4) is 0 Å². The highest BCUT2D eigenvalue weighted by molar-refractivity contribution is 6.04. The van der Waals surface area contributed by atoms with Gasteiger partial charge in [0.1, 0.15) is 12.6 Å². The molecule has 3 amide bonds. The molecule has 102 valence electrons. The number of imide groups is 1. The molecule has 2 atom stereocenters. The third-order valence-electron chi connectivity index (χ3n) is 3.10. The number of carbonyl (C=O) groups is 3. The molecule has 6 heteroatoms. The van der Waals surface area contributed by atoms with Crippen molar-refractivity contribution in [1.29, 1.82) is 0 Å². The normalized spacial score (nSPS) is 22.1. The van der Waals surface area contributed by atoms with Gasteiger partial charge in [0.15, 0.2) is 0 Å². The number of nitrogens with one attached hydrogen (secondary N) is 1. The van der Waals surface area contributed by atoms with E-state index in [1.54, 1.807) is 6.92 Å². The SMILES string of the molecule is CC(C)CC(CN)C(=O)N1CC(=O)NC(=O)C1C. The molecular weight excluding hydrogens is 234 g/mol. The molecule has 18 heavy (non-hydrogen) atoms. The number of hydrogen-bond donors (Lipinski definition) is 2. The van der Waals surface area contributed by atoms with Crippen LogP contribution >= 0.6 is 0 Å². The quantitative estimate of drug-likeness (QED) is 0.661. The average Bonchev–Trinajstić information content (AvgIpc) is 2.29. The summed E-state index contributed by atoms with van der Waals surface area (Å²) < 4.78 is 0. The zero-order valence-corrected chi connectivity index (χ0v) is 11.1. The number of piperazine rings is 1. The molecule has 1 rings (SSSR count). The van der Waals surface area contributed by atoms with Gasteiger partial charge in [-0.3, -0.25) is 19.7 Å². The molecule has 0 spiro atoms. The molecule has 1 saturated heterocycles. The van der Waals surface area contributed by atoms with Crippen molar-refractivity contribution in [2.24, 2.45) is 17.6 Å². The van der Waals surface area contributed by atoms with E-state index in [1.807, 2.05) is 13.8 Å². The van der Waals surface area contributed by atoms with E-state index >= 15 is 0 Å². The molecule has 0 aliphatic carbocycles. The lowest BCUT2D eigenvalue weighted by Crippen LogP contribution is -2.60. The summed E-state index contributed by atoms with van der Waals surface area (Å²) >= 11 is 0. The number of rotatable bonds is 4. The minimum atomic E-state index is -0.614. The van der Waals surface area contributed by atoms with Crippen LogP contribution < -0.4 is 11.1 Å². The predicted octanol–water partition coefficient (Wildman–Crippen LogP) is -0.519. The highest BCUT2D eigenvalue weighted by Gasteiger charge is 2.36. The van der Waals surface area contributed by atoms with E-state index in [0.717, 1.165) is 0 Å². The first-order chi connectivity index (χ1) is 8.36. The van der Waals surface area contributed by atoms with Crippen molar-refractivity contribution in [2.75, 3.05) is 13.1 Å². The Morgan fingerprint density at radius 2 is 2.11 bits per heavy atom. The molecule has 1 aliphatic rings. The number of carbonyl (C=O) groups excluding carboxylic acids is 3. The van der Waals surface area contributed by atoms with Gasteiger partial charge in [-0.2, -0.15) is 0 Å². The molecule has 0 saturated carbocycles. The first-order valence-electron chi connectivity index (χ1n) is 6.21. The fourth-order valence-corrected chi connectivity index (χ4v) is 2.08. The first-order valence-corrected chi connectivity index (χ1v) is 6.21. The second-order valence-electron chi connectivity index (χ2n) is 5.12. The van der Waals surface area contributed by atoms with Crippen LogP contribution in [0.1, 0.15) is 27.2 Å². The minimum absolute atomic E-state index is 0.0691. The Morgan fingerprint density at radius 1 is 1.50 bits per heavy atom. The van der Waals surface area contributed by atoms with Crippen LogP contribution in [0.25, 0.3) is 0 Å². The van der Waals surface area contributed by atoms with Gasteiger partial charge in [0, 0.05) is 6.54 Å². The van der Waals surface area contributed by atoms with Gasteiger partial charge in [-0.05, 0) is 19.3 Å². The largest absolute Gasteiger partial charge is 0.330 e. The van der Waals surface area contributed by atoms with Crippen molar-refractivity contribution in [3.05, 3.63) is 0 Å². The first kappa shape index (κ1) is 14.6. The summed E-state index contributed by atoms with van der Waals surface area (Å²) in [6.07, 6.45) is 0.661. The van der Waals surface area contributed by atoms with Crippen molar-refractivity contribution in [2.45, 2.75) is 33.2 Å². The Kier molecular flexibility index (Phi) is 4.84. The van der Waals surface area contributed by atoms with Crippen molar-refractivity contribution in [3.63, 3.8) is 0 Å². The van der Waals surface area contributed by atoms with E-state index < -0.39 is 17.9 Å². The second kappa shape index (κ2) is 5.95. The molecule has 6 nitrogen and oxygen atoms in total. The number of nitrogens with two attached hydrogens (primary N) is 1. The third kappa shape index (κ3) is 3.29. The molecule has 0 bridgehead atoms. The minimum Gasteiger partial charge on any atom is -0.330 e. The van der Waals surface area contributed by atoms with E-state index in [4.69, 9.17) is 5.73 Å². The number of amides is 3. The zero-order chi connectivity index (χ0) is 13.9. The Balaban J connectivity index is 2.80. The van der Waals surface area contributed by atoms with Crippen LogP contribution in [-0.4, -0.2) is 41.8 Å². The van der Waals surface area contributed by atoms with Gasteiger partial charge < -0.3 is 10.6 Å². The van der Waals surface area contributed by atoms with Gasteiger partial charge in [-0.15, -0.1) is 0 Å². The smallest absolute Gasteiger partial charge is 0.249 e. The molecule has 0 aromatic carbocycles. The summed E-state index contributed by atoms with van der Waals surface area (Å²) in [5, 5.41) is 2.21. The lowest BCUT2D eigenvalue weighted by atomic mass is 9.95. The van der Waals surface area contributed by atoms with Crippen LogP contribution in [-0.2, 0) is 14.4 Å². The highest BCUT2D eigenvalue weighted by Crippen LogP contribution is 2.16. The maximum atomic E-state index is 12.3. The number of nitrogens with zero attached hydrogens (tertiary/aromatic N) is 1. The van der Waals surface area contributed by atoms with Gasteiger partial charge in [-0.1, -0.05) is 13.8 Å². The van der Waals surface area contributed by atoms with Crippen LogP contribution in [0, 0.1) is 11.8 Å². The van der Waals surface area contributed by atoms with Gasteiger partial charge in [-0.25, -0.2) is 0 Å². The van der Waals surface area contributed by atoms with Crippen LogP contribution in [0.15, 0.2) is 0 Å². The standard InChI is InChI=1S/C12H21N3O3/c1-7(2)4-9(5-13)12(18)15-6-10(16)14-11(17)8(15)3/h7-9H,4-6,13H2,1-3H3,(H,14,16,17). The summed E-state index contributed by atoms with van der Waals surface area (Å²) in [6.45, 7) is 5.79.